The van der Waals surface area contributed by atoms with E-state index >= 15 is 0 Å². The number of aliphatic hydroxyl groups excluding tert-OH is 1. The first-order valence-corrected chi connectivity index (χ1v) is 8.29. The number of halogens is 1. The fraction of sp³-hybridized carbons (Fsp3) is 0.278. The summed E-state index contributed by atoms with van der Waals surface area (Å²) < 4.78 is 1.68. The van der Waals surface area contributed by atoms with Crippen molar-refractivity contribution >= 4 is 24.0 Å². The van der Waals surface area contributed by atoms with E-state index in [2.05, 4.69) is 20.7 Å². The largest absolute Gasteiger partial charge is 0.391 e. The maximum absolute atomic E-state index is 12.5. The lowest BCUT2D eigenvalue weighted by Crippen LogP contribution is -2.34. The van der Waals surface area contributed by atoms with Crippen LogP contribution in [-0.4, -0.2) is 51.4 Å². The number of carbonyl (C=O) groups is 1. The fourth-order valence-corrected chi connectivity index (χ4v) is 3.13. The summed E-state index contributed by atoms with van der Waals surface area (Å²) >= 11 is 0. The third kappa shape index (κ3) is 3.41. The molecule has 7 nitrogen and oxygen atoms in total. The van der Waals surface area contributed by atoms with Crippen LogP contribution in [0.5, 0.6) is 0 Å². The van der Waals surface area contributed by atoms with Gasteiger partial charge in [0.25, 0.3) is 5.91 Å². The number of amides is 1. The minimum absolute atomic E-state index is 0. The number of aromatic nitrogens is 3. The number of hydrogen-bond acceptors (Lipinski definition) is 5. The topological polar surface area (TPSA) is 91.5 Å². The van der Waals surface area contributed by atoms with E-state index in [1.165, 1.54) is 6.20 Å². The molecule has 3 heterocycles. The Labute approximate surface area is 156 Å². The Morgan fingerprint density at radius 3 is 2.81 bits per heavy atom. The molecule has 1 saturated heterocycles. The van der Waals surface area contributed by atoms with Crippen molar-refractivity contribution in [2.75, 3.05) is 19.6 Å². The molecule has 0 aliphatic carbocycles. The second-order valence-corrected chi connectivity index (χ2v) is 6.19. The van der Waals surface area contributed by atoms with E-state index in [1.54, 1.807) is 10.7 Å². The molecule has 2 unspecified atom stereocenters. The molecule has 0 spiro atoms. The molecule has 2 aromatic heterocycles. The van der Waals surface area contributed by atoms with Gasteiger partial charge in [-0.25, -0.2) is 9.50 Å². The lowest BCUT2D eigenvalue weighted by molar-refractivity contribution is 0.0928. The van der Waals surface area contributed by atoms with Gasteiger partial charge in [0.1, 0.15) is 5.56 Å². The third-order valence-electron chi connectivity index (χ3n) is 4.54. The van der Waals surface area contributed by atoms with Gasteiger partial charge in [0.05, 0.1) is 18.0 Å². The molecular weight excluding hydrogens is 354 g/mol. The summed E-state index contributed by atoms with van der Waals surface area (Å²) in [6, 6.07) is 11.7. The van der Waals surface area contributed by atoms with E-state index in [0.29, 0.717) is 30.8 Å². The van der Waals surface area contributed by atoms with E-state index in [4.69, 9.17) is 0 Å². The number of β-amino-alcohol motifs (C(OH)–C–C–N with tert-alkyl or cyclic N) is 1. The summed E-state index contributed by atoms with van der Waals surface area (Å²) in [6.45, 7) is 1.69. The highest BCUT2D eigenvalue weighted by molar-refractivity contribution is 5.99. The average molecular weight is 374 g/mol. The first-order valence-electron chi connectivity index (χ1n) is 8.29. The molecule has 3 N–H and O–H groups in total. The van der Waals surface area contributed by atoms with Gasteiger partial charge in [0, 0.05) is 37.3 Å². The number of fused-ring (bicyclic) bond motifs is 1. The molecular formula is C18H20ClN5O2. The van der Waals surface area contributed by atoms with Crippen molar-refractivity contribution < 1.29 is 9.90 Å². The van der Waals surface area contributed by atoms with Crippen molar-refractivity contribution in [2.24, 2.45) is 5.92 Å². The molecule has 2 atom stereocenters. The Kier molecular flexibility index (Phi) is 5.51. The van der Waals surface area contributed by atoms with Gasteiger partial charge < -0.3 is 15.7 Å². The Balaban J connectivity index is 0.00000196. The molecule has 26 heavy (non-hydrogen) atoms. The van der Waals surface area contributed by atoms with E-state index in [1.807, 2.05) is 36.4 Å². The van der Waals surface area contributed by atoms with Gasteiger partial charge in [-0.15, -0.1) is 12.4 Å². The zero-order valence-corrected chi connectivity index (χ0v) is 14.8. The highest BCUT2D eigenvalue weighted by Crippen LogP contribution is 2.20. The standard InChI is InChI=1S/C18H19N5O2.ClH/c24-16-11-19-8-13(16)9-21-18(25)14-10-22-23-15(6-7-20-17(14)23)12-4-2-1-3-5-12;/h1-7,10,13,16,19,24H,8-9,11H2,(H,21,25);1H. The first kappa shape index (κ1) is 18.3. The lowest BCUT2D eigenvalue weighted by atomic mass is 10.1. The maximum atomic E-state index is 12.5. The van der Waals surface area contributed by atoms with Crippen molar-refractivity contribution in [2.45, 2.75) is 6.10 Å². The quantitative estimate of drug-likeness (QED) is 0.637. The van der Waals surface area contributed by atoms with Crippen LogP contribution in [0.1, 0.15) is 10.4 Å². The normalized spacial score (nSPS) is 19.3. The molecule has 1 fully saturated rings. The lowest BCUT2D eigenvalue weighted by Gasteiger charge is -2.13. The SMILES string of the molecule is Cl.O=C(NCC1CNCC1O)c1cnn2c(-c3ccccc3)ccnc12. The molecule has 1 aliphatic heterocycles. The predicted octanol–water partition coefficient (Wildman–Crippen LogP) is 1.13. The van der Waals surface area contributed by atoms with Gasteiger partial charge in [-0.2, -0.15) is 5.10 Å². The molecule has 4 rings (SSSR count). The molecule has 136 valence electrons. The van der Waals surface area contributed by atoms with Gasteiger partial charge in [-0.1, -0.05) is 30.3 Å². The van der Waals surface area contributed by atoms with E-state index < -0.39 is 6.10 Å². The first-order chi connectivity index (χ1) is 12.2. The fourth-order valence-electron chi connectivity index (χ4n) is 3.13. The van der Waals surface area contributed by atoms with E-state index in [9.17, 15) is 9.90 Å². The number of nitrogens with zero attached hydrogens (tertiary/aromatic N) is 3. The highest BCUT2D eigenvalue weighted by atomic mass is 35.5. The van der Waals surface area contributed by atoms with Gasteiger partial charge in [-0.05, 0) is 6.07 Å². The van der Waals surface area contributed by atoms with Crippen LogP contribution in [0.3, 0.4) is 0 Å². The molecule has 1 aromatic carbocycles. The minimum Gasteiger partial charge on any atom is -0.391 e. The Bertz CT molecular complexity index is 899. The van der Waals surface area contributed by atoms with Gasteiger partial charge in [0.2, 0.25) is 0 Å². The molecule has 8 heteroatoms. The molecule has 1 aliphatic rings. The van der Waals surface area contributed by atoms with Crippen LogP contribution in [0.25, 0.3) is 16.9 Å². The summed E-state index contributed by atoms with van der Waals surface area (Å²) in [6.07, 6.45) is 2.79. The minimum atomic E-state index is -0.424. The zero-order valence-electron chi connectivity index (χ0n) is 14.0. The van der Waals surface area contributed by atoms with Crippen LogP contribution < -0.4 is 10.6 Å². The summed E-state index contributed by atoms with van der Waals surface area (Å²) in [5.74, 6) is -0.203. The Hall–Kier alpha value is -2.48. The third-order valence-corrected chi connectivity index (χ3v) is 4.54. The summed E-state index contributed by atoms with van der Waals surface area (Å²) in [7, 11) is 0. The summed E-state index contributed by atoms with van der Waals surface area (Å²) in [4.78, 5) is 16.8. The number of nitrogens with one attached hydrogen (secondary N) is 2. The highest BCUT2D eigenvalue weighted by Gasteiger charge is 2.26. The Morgan fingerprint density at radius 1 is 1.27 bits per heavy atom. The van der Waals surface area contributed by atoms with Crippen LogP contribution in [0.4, 0.5) is 0 Å². The second-order valence-electron chi connectivity index (χ2n) is 6.19. The molecule has 3 aromatic rings. The van der Waals surface area contributed by atoms with E-state index in [-0.39, 0.29) is 24.2 Å². The Morgan fingerprint density at radius 2 is 2.08 bits per heavy atom. The van der Waals surface area contributed by atoms with Crippen LogP contribution in [0, 0.1) is 5.92 Å². The number of benzene rings is 1. The summed E-state index contributed by atoms with van der Waals surface area (Å²) in [5, 5.41) is 20.1. The average Bonchev–Trinajstić information content (AvgIpc) is 3.26. The van der Waals surface area contributed by atoms with Crippen LogP contribution in [-0.2, 0) is 0 Å². The van der Waals surface area contributed by atoms with Crippen molar-refractivity contribution in [3.8, 4) is 11.3 Å². The van der Waals surface area contributed by atoms with Gasteiger partial charge in [-0.3, -0.25) is 4.79 Å². The van der Waals surface area contributed by atoms with E-state index in [0.717, 1.165) is 11.3 Å². The molecule has 1 amide bonds. The van der Waals surface area contributed by atoms with Crippen molar-refractivity contribution in [1.29, 1.82) is 0 Å². The van der Waals surface area contributed by atoms with Gasteiger partial charge in [0.15, 0.2) is 5.65 Å². The van der Waals surface area contributed by atoms with Crippen LogP contribution in [0.15, 0.2) is 48.8 Å². The monoisotopic (exact) mass is 373 g/mol. The number of rotatable bonds is 4. The number of carbonyl (C=O) groups excluding carboxylic acids is 1. The van der Waals surface area contributed by atoms with Crippen molar-refractivity contribution in [3.05, 3.63) is 54.4 Å². The molecule has 0 bridgehead atoms. The van der Waals surface area contributed by atoms with Crippen LogP contribution >= 0.6 is 12.4 Å². The number of aliphatic hydroxyl groups is 1. The summed E-state index contributed by atoms with van der Waals surface area (Å²) in [5.41, 5.74) is 2.83. The number of hydrogen-bond donors (Lipinski definition) is 3. The smallest absolute Gasteiger partial charge is 0.256 e. The maximum Gasteiger partial charge on any atom is 0.256 e. The van der Waals surface area contributed by atoms with Crippen LogP contribution in [0.2, 0.25) is 0 Å². The molecule has 0 saturated carbocycles. The predicted molar refractivity (Wildman–Crippen MR) is 100 cm³/mol. The van der Waals surface area contributed by atoms with Crippen molar-refractivity contribution in [3.63, 3.8) is 0 Å². The van der Waals surface area contributed by atoms with Crippen molar-refractivity contribution in [1.82, 2.24) is 25.2 Å². The second kappa shape index (κ2) is 7.82. The zero-order chi connectivity index (χ0) is 17.2. The molecule has 0 radical (unpaired) electrons. The van der Waals surface area contributed by atoms with Gasteiger partial charge >= 0.3 is 0 Å².